The van der Waals surface area contributed by atoms with E-state index in [0.717, 1.165) is 18.0 Å². The molecular formula is C11H20N2. The minimum atomic E-state index is 0.844. The van der Waals surface area contributed by atoms with Crippen molar-refractivity contribution in [1.29, 1.82) is 0 Å². The van der Waals surface area contributed by atoms with Gasteiger partial charge in [0.05, 0.1) is 0 Å². The van der Waals surface area contributed by atoms with Crippen molar-refractivity contribution < 1.29 is 0 Å². The molecule has 3 atom stereocenters. The number of fused-ring (bicyclic) bond motifs is 2. The molecule has 0 aromatic rings. The Hall–Kier alpha value is -0.0800. The maximum absolute atomic E-state index is 3.78. The van der Waals surface area contributed by atoms with Crippen LogP contribution in [0.4, 0.5) is 0 Å². The molecule has 2 saturated heterocycles. The lowest BCUT2D eigenvalue weighted by atomic mass is 10.00. The highest BCUT2D eigenvalue weighted by Crippen LogP contribution is 2.35. The molecule has 1 saturated carbocycles. The Morgan fingerprint density at radius 1 is 1.15 bits per heavy atom. The summed E-state index contributed by atoms with van der Waals surface area (Å²) in [5.41, 5.74) is 0. The van der Waals surface area contributed by atoms with Crippen molar-refractivity contribution in [2.45, 2.75) is 44.2 Å². The van der Waals surface area contributed by atoms with E-state index < -0.39 is 0 Å². The molecule has 2 aliphatic heterocycles. The van der Waals surface area contributed by atoms with Crippen LogP contribution in [0.2, 0.25) is 0 Å². The van der Waals surface area contributed by atoms with Crippen molar-refractivity contribution in [3.63, 3.8) is 0 Å². The molecule has 1 aliphatic carbocycles. The minimum absolute atomic E-state index is 0.844. The average molecular weight is 180 g/mol. The van der Waals surface area contributed by atoms with Gasteiger partial charge in [0.2, 0.25) is 0 Å². The first-order valence-electron chi connectivity index (χ1n) is 5.90. The van der Waals surface area contributed by atoms with E-state index in [9.17, 15) is 0 Å². The summed E-state index contributed by atoms with van der Waals surface area (Å²) in [7, 11) is 0. The average Bonchev–Trinajstić information content (AvgIpc) is 2.77. The minimum Gasteiger partial charge on any atom is -0.310 e. The molecule has 0 amide bonds. The van der Waals surface area contributed by atoms with E-state index in [1.807, 2.05) is 0 Å². The van der Waals surface area contributed by atoms with Crippen molar-refractivity contribution in [1.82, 2.24) is 10.2 Å². The van der Waals surface area contributed by atoms with Gasteiger partial charge in [-0.05, 0) is 51.1 Å². The highest BCUT2D eigenvalue weighted by molar-refractivity contribution is 4.98. The molecule has 3 unspecified atom stereocenters. The van der Waals surface area contributed by atoms with Gasteiger partial charge in [-0.25, -0.2) is 0 Å². The topological polar surface area (TPSA) is 15.3 Å². The predicted octanol–water partition coefficient (Wildman–Crippen LogP) is 1.22. The first-order valence-corrected chi connectivity index (χ1v) is 5.90. The number of rotatable bonds is 2. The Morgan fingerprint density at radius 2 is 2.00 bits per heavy atom. The molecule has 2 nitrogen and oxygen atoms in total. The Bertz CT molecular complexity index is 187. The summed E-state index contributed by atoms with van der Waals surface area (Å²) >= 11 is 0. The van der Waals surface area contributed by atoms with E-state index in [2.05, 4.69) is 10.2 Å². The van der Waals surface area contributed by atoms with Crippen LogP contribution >= 0.6 is 0 Å². The first kappa shape index (κ1) is 8.25. The lowest BCUT2D eigenvalue weighted by molar-refractivity contribution is 0.253. The van der Waals surface area contributed by atoms with E-state index >= 15 is 0 Å². The standard InChI is InChI=1S/C11H20N2/c1-2-6-13(5-1)8-11-9-3-4-10(7-9)12-11/h9-12H,1-8H2. The molecule has 2 heterocycles. The van der Waals surface area contributed by atoms with Gasteiger partial charge in [-0.15, -0.1) is 0 Å². The molecule has 2 bridgehead atoms. The summed E-state index contributed by atoms with van der Waals surface area (Å²) in [6.07, 6.45) is 7.28. The summed E-state index contributed by atoms with van der Waals surface area (Å²) in [6.45, 7) is 4.05. The molecule has 13 heavy (non-hydrogen) atoms. The molecular weight excluding hydrogens is 160 g/mol. The monoisotopic (exact) mass is 180 g/mol. The van der Waals surface area contributed by atoms with Crippen molar-refractivity contribution in [3.8, 4) is 0 Å². The highest BCUT2D eigenvalue weighted by Gasteiger charge is 2.39. The van der Waals surface area contributed by atoms with Gasteiger partial charge in [-0.2, -0.15) is 0 Å². The van der Waals surface area contributed by atoms with Gasteiger partial charge in [0, 0.05) is 18.6 Å². The Kier molecular flexibility index (Phi) is 2.06. The van der Waals surface area contributed by atoms with Gasteiger partial charge in [0.1, 0.15) is 0 Å². The summed E-state index contributed by atoms with van der Waals surface area (Å²) in [6, 6.07) is 1.73. The lowest BCUT2D eigenvalue weighted by Gasteiger charge is -2.27. The van der Waals surface area contributed by atoms with E-state index in [1.165, 1.54) is 51.7 Å². The van der Waals surface area contributed by atoms with Gasteiger partial charge < -0.3 is 10.2 Å². The van der Waals surface area contributed by atoms with Gasteiger partial charge >= 0.3 is 0 Å². The van der Waals surface area contributed by atoms with Crippen LogP contribution in [0.3, 0.4) is 0 Å². The molecule has 1 N–H and O–H groups in total. The number of piperidine rings is 1. The Morgan fingerprint density at radius 3 is 2.62 bits per heavy atom. The lowest BCUT2D eigenvalue weighted by Crippen LogP contribution is -2.43. The third-order valence-corrected chi connectivity index (χ3v) is 4.15. The third-order valence-electron chi connectivity index (χ3n) is 4.15. The normalized spacial score (nSPS) is 44.8. The van der Waals surface area contributed by atoms with Crippen molar-refractivity contribution in [2.75, 3.05) is 19.6 Å². The highest BCUT2D eigenvalue weighted by atomic mass is 15.2. The largest absolute Gasteiger partial charge is 0.310 e. The fourth-order valence-corrected chi connectivity index (χ4v) is 3.42. The SMILES string of the molecule is C1CCN(CC2NC3CCC2C3)C1. The van der Waals surface area contributed by atoms with Crippen LogP contribution in [0.5, 0.6) is 0 Å². The number of hydrogen-bond acceptors (Lipinski definition) is 2. The van der Waals surface area contributed by atoms with E-state index in [-0.39, 0.29) is 0 Å². The van der Waals surface area contributed by atoms with Crippen LogP contribution in [-0.4, -0.2) is 36.6 Å². The van der Waals surface area contributed by atoms with Crippen LogP contribution in [0.1, 0.15) is 32.1 Å². The fraction of sp³-hybridized carbons (Fsp3) is 1.00. The van der Waals surface area contributed by atoms with Crippen molar-refractivity contribution >= 4 is 0 Å². The number of nitrogens with zero attached hydrogens (tertiary/aromatic N) is 1. The van der Waals surface area contributed by atoms with Crippen LogP contribution in [0, 0.1) is 5.92 Å². The van der Waals surface area contributed by atoms with E-state index in [0.29, 0.717) is 0 Å². The molecule has 0 radical (unpaired) electrons. The fourth-order valence-electron chi connectivity index (χ4n) is 3.42. The second-order valence-electron chi connectivity index (χ2n) is 5.05. The predicted molar refractivity (Wildman–Crippen MR) is 53.7 cm³/mol. The van der Waals surface area contributed by atoms with Gasteiger partial charge in [-0.1, -0.05) is 0 Å². The molecule has 3 rings (SSSR count). The van der Waals surface area contributed by atoms with E-state index in [4.69, 9.17) is 0 Å². The molecule has 0 aromatic carbocycles. The van der Waals surface area contributed by atoms with Crippen LogP contribution in [0.25, 0.3) is 0 Å². The maximum atomic E-state index is 3.78. The summed E-state index contributed by atoms with van der Waals surface area (Å²) in [4.78, 5) is 2.65. The number of nitrogens with one attached hydrogen (secondary N) is 1. The number of likely N-dealkylation sites (tertiary alicyclic amines) is 1. The zero-order valence-electron chi connectivity index (χ0n) is 8.34. The zero-order chi connectivity index (χ0) is 8.67. The van der Waals surface area contributed by atoms with Gasteiger partial charge in [0.25, 0.3) is 0 Å². The Balaban J connectivity index is 1.55. The number of hydrogen-bond donors (Lipinski definition) is 1. The second kappa shape index (κ2) is 3.25. The van der Waals surface area contributed by atoms with Gasteiger partial charge in [0.15, 0.2) is 0 Å². The molecule has 3 aliphatic rings. The van der Waals surface area contributed by atoms with E-state index in [1.54, 1.807) is 0 Å². The molecule has 74 valence electrons. The van der Waals surface area contributed by atoms with Crippen LogP contribution < -0.4 is 5.32 Å². The van der Waals surface area contributed by atoms with Crippen molar-refractivity contribution in [3.05, 3.63) is 0 Å². The van der Waals surface area contributed by atoms with Crippen LogP contribution in [-0.2, 0) is 0 Å². The quantitative estimate of drug-likeness (QED) is 0.687. The summed E-state index contributed by atoms with van der Waals surface area (Å²) < 4.78 is 0. The summed E-state index contributed by atoms with van der Waals surface area (Å²) in [5, 5.41) is 3.78. The maximum Gasteiger partial charge on any atom is 0.0226 e. The smallest absolute Gasteiger partial charge is 0.0226 e. The molecule has 3 fully saturated rings. The van der Waals surface area contributed by atoms with Crippen LogP contribution in [0.15, 0.2) is 0 Å². The zero-order valence-corrected chi connectivity index (χ0v) is 8.34. The molecule has 0 aromatic heterocycles. The summed E-state index contributed by atoms with van der Waals surface area (Å²) in [5.74, 6) is 1.02. The Labute approximate surface area is 80.7 Å². The van der Waals surface area contributed by atoms with Gasteiger partial charge in [-0.3, -0.25) is 0 Å². The second-order valence-corrected chi connectivity index (χ2v) is 5.05. The molecule has 0 spiro atoms. The van der Waals surface area contributed by atoms with Crippen molar-refractivity contribution in [2.24, 2.45) is 5.92 Å². The molecule has 2 heteroatoms. The third kappa shape index (κ3) is 1.50. The first-order chi connectivity index (χ1) is 6.42.